The van der Waals surface area contributed by atoms with E-state index in [1.54, 1.807) is 0 Å². The summed E-state index contributed by atoms with van der Waals surface area (Å²) in [5.74, 6) is 0. The first-order valence-corrected chi connectivity index (χ1v) is 8.30. The van der Waals surface area contributed by atoms with Crippen LogP contribution in [-0.2, 0) is 18.6 Å². The lowest BCUT2D eigenvalue weighted by molar-refractivity contribution is -0.0394. The summed E-state index contributed by atoms with van der Waals surface area (Å²) >= 11 is 0. The van der Waals surface area contributed by atoms with E-state index in [-0.39, 0.29) is 13.2 Å². The van der Waals surface area contributed by atoms with Crippen LogP contribution < -0.4 is 0 Å². The molecule has 0 rings (SSSR count). The number of aliphatic hydroxyl groups is 1. The van der Waals surface area contributed by atoms with Crippen molar-refractivity contribution >= 4 is 15.2 Å². The fourth-order valence-corrected chi connectivity index (χ4v) is 2.77. The average Bonchev–Trinajstić information content (AvgIpc) is 2.23. The quantitative estimate of drug-likeness (QED) is 0.217. The number of hydrogen-bond donors (Lipinski definition) is 5. The Balaban J connectivity index is 4.67. The van der Waals surface area contributed by atoms with Crippen molar-refractivity contribution in [3.05, 3.63) is 12.7 Å². The van der Waals surface area contributed by atoms with Crippen LogP contribution in [0.4, 0.5) is 0 Å². The first-order valence-electron chi connectivity index (χ1n) is 5.07. The first-order chi connectivity index (χ1) is 8.45. The van der Waals surface area contributed by atoms with Crippen LogP contribution in [0.5, 0.6) is 0 Å². The normalized spacial score (nSPS) is 15.3. The Bertz CT molecular complexity index is 362. The van der Waals surface area contributed by atoms with E-state index in [9.17, 15) is 14.2 Å². The third-order valence-corrected chi connectivity index (χ3v) is 6.16. The molecule has 0 aliphatic carbocycles. The second-order valence-corrected chi connectivity index (χ2v) is 8.05. The molecule has 11 heteroatoms. The van der Waals surface area contributed by atoms with Crippen LogP contribution in [-0.4, -0.2) is 55.7 Å². The molecule has 1 unspecified atom stereocenters. The summed E-state index contributed by atoms with van der Waals surface area (Å²) in [4.78, 5) is 35.9. The zero-order valence-electron chi connectivity index (χ0n) is 10.2. The Morgan fingerprint density at radius 3 is 2.05 bits per heavy atom. The van der Waals surface area contributed by atoms with Crippen molar-refractivity contribution in [3.63, 3.8) is 0 Å². The minimum absolute atomic E-state index is 0.144. The lowest BCUT2D eigenvalue weighted by atomic mass is 10.4. The zero-order chi connectivity index (χ0) is 15.3. The van der Waals surface area contributed by atoms with Crippen LogP contribution in [0, 0.1) is 0 Å². The molecule has 0 saturated carbocycles. The zero-order valence-corrected chi connectivity index (χ0v) is 12.0. The third kappa shape index (κ3) is 5.43. The molecule has 1 atom stereocenters. The van der Waals surface area contributed by atoms with Gasteiger partial charge in [0.05, 0.1) is 19.8 Å². The fraction of sp³-hybridized carbons (Fsp3) is 0.750. The van der Waals surface area contributed by atoms with Gasteiger partial charge < -0.3 is 34.2 Å². The number of ether oxygens (including phenoxy) is 2. The van der Waals surface area contributed by atoms with Gasteiger partial charge in [0.1, 0.15) is 6.10 Å². The fourth-order valence-electron chi connectivity index (χ4n) is 0.927. The largest absolute Gasteiger partial charge is 0.388 e. The summed E-state index contributed by atoms with van der Waals surface area (Å²) in [5.41, 5.74) is 0. The lowest BCUT2D eigenvalue weighted by Crippen LogP contribution is -2.33. The Morgan fingerprint density at radius 2 is 1.68 bits per heavy atom. The highest BCUT2D eigenvalue weighted by molar-refractivity contribution is 7.72. The van der Waals surface area contributed by atoms with Crippen molar-refractivity contribution in [2.75, 3.05) is 19.8 Å². The SMILES string of the molecule is C=CCOCC(O)COC(C)(P(=O)(O)O)P(=O)(O)O. The molecule has 19 heavy (non-hydrogen) atoms. The molecule has 0 aromatic rings. The predicted octanol–water partition coefficient (Wildman–Crippen LogP) is -0.404. The molecule has 0 aromatic heterocycles. The standard InChI is InChI=1S/C8H18O9P2/c1-3-4-16-5-7(9)6-17-8(2,18(10,11)12)19(13,14)15/h3,7,9H,1,4-6H2,2H3,(H2,10,11,12)(H2,13,14,15). The second kappa shape index (κ2) is 7.08. The third-order valence-electron chi connectivity index (χ3n) is 2.18. The van der Waals surface area contributed by atoms with Gasteiger partial charge in [-0.1, -0.05) is 6.08 Å². The maximum Gasteiger partial charge on any atom is 0.369 e. The average molecular weight is 320 g/mol. The Labute approximate surface area is 110 Å². The van der Waals surface area contributed by atoms with E-state index in [0.29, 0.717) is 6.92 Å². The maximum absolute atomic E-state index is 11.1. The monoisotopic (exact) mass is 320 g/mol. The van der Waals surface area contributed by atoms with Crippen molar-refractivity contribution in [1.82, 2.24) is 0 Å². The summed E-state index contributed by atoms with van der Waals surface area (Å²) in [5, 5.41) is 6.38. The number of hydrogen-bond acceptors (Lipinski definition) is 5. The van der Waals surface area contributed by atoms with E-state index >= 15 is 0 Å². The first kappa shape index (κ1) is 18.9. The van der Waals surface area contributed by atoms with Crippen LogP contribution >= 0.6 is 15.2 Å². The second-order valence-electron chi connectivity index (χ2n) is 3.81. The highest BCUT2D eigenvalue weighted by Gasteiger charge is 2.58. The van der Waals surface area contributed by atoms with Crippen LogP contribution in [0.15, 0.2) is 12.7 Å². The Morgan fingerprint density at radius 1 is 1.21 bits per heavy atom. The summed E-state index contributed by atoms with van der Waals surface area (Å²) in [6, 6.07) is 0. The molecule has 5 N–H and O–H groups in total. The molecule has 0 amide bonds. The summed E-state index contributed by atoms with van der Waals surface area (Å²) in [7, 11) is -10.5. The van der Waals surface area contributed by atoms with Gasteiger partial charge in [-0.05, 0) is 6.92 Å². The van der Waals surface area contributed by atoms with Gasteiger partial charge in [-0.15, -0.1) is 6.58 Å². The Hall–Kier alpha value is -0.0800. The topological polar surface area (TPSA) is 154 Å². The molecule has 0 saturated heterocycles. The van der Waals surface area contributed by atoms with Crippen LogP contribution in [0.1, 0.15) is 6.92 Å². The Kier molecular flexibility index (Phi) is 7.05. The number of rotatable bonds is 9. The summed E-state index contributed by atoms with van der Waals surface area (Å²) < 4.78 is 31.7. The molecule has 0 aromatic carbocycles. The van der Waals surface area contributed by atoms with Crippen LogP contribution in [0.3, 0.4) is 0 Å². The molecule has 0 bridgehead atoms. The smallest absolute Gasteiger partial charge is 0.369 e. The highest BCUT2D eigenvalue weighted by Crippen LogP contribution is 2.69. The van der Waals surface area contributed by atoms with Gasteiger partial charge in [0, 0.05) is 0 Å². The molecular weight excluding hydrogens is 302 g/mol. The summed E-state index contributed by atoms with van der Waals surface area (Å²) in [6.07, 6.45) is 0.126. The van der Waals surface area contributed by atoms with E-state index in [1.165, 1.54) is 6.08 Å². The molecule has 0 aliphatic rings. The predicted molar refractivity (Wildman–Crippen MR) is 65.5 cm³/mol. The van der Waals surface area contributed by atoms with Gasteiger partial charge in [0.15, 0.2) is 0 Å². The van der Waals surface area contributed by atoms with Gasteiger partial charge in [0.2, 0.25) is 0 Å². The molecule has 9 nitrogen and oxygen atoms in total. The van der Waals surface area contributed by atoms with E-state index in [0.717, 1.165) is 0 Å². The molecule has 0 spiro atoms. The van der Waals surface area contributed by atoms with Crippen LogP contribution in [0.25, 0.3) is 0 Å². The van der Waals surface area contributed by atoms with Gasteiger partial charge in [-0.2, -0.15) is 0 Å². The van der Waals surface area contributed by atoms with Crippen molar-refractivity contribution < 1.29 is 43.3 Å². The van der Waals surface area contributed by atoms with E-state index < -0.39 is 33.0 Å². The van der Waals surface area contributed by atoms with E-state index in [2.05, 4.69) is 11.3 Å². The van der Waals surface area contributed by atoms with Crippen molar-refractivity contribution in [2.45, 2.75) is 18.1 Å². The molecule has 0 heterocycles. The van der Waals surface area contributed by atoms with Crippen molar-refractivity contribution in [1.29, 1.82) is 0 Å². The highest BCUT2D eigenvalue weighted by atomic mass is 31.2. The van der Waals surface area contributed by atoms with Gasteiger partial charge in [-0.3, -0.25) is 9.13 Å². The molecular formula is C8H18O9P2. The minimum atomic E-state index is -5.25. The van der Waals surface area contributed by atoms with Crippen molar-refractivity contribution in [3.8, 4) is 0 Å². The summed E-state index contributed by atoms with van der Waals surface area (Å²) in [6.45, 7) is 3.16. The maximum atomic E-state index is 11.1. The molecule has 114 valence electrons. The molecule has 0 fully saturated rings. The van der Waals surface area contributed by atoms with Gasteiger partial charge in [-0.25, -0.2) is 0 Å². The number of aliphatic hydroxyl groups excluding tert-OH is 1. The van der Waals surface area contributed by atoms with Gasteiger partial charge >= 0.3 is 15.2 Å². The van der Waals surface area contributed by atoms with E-state index in [4.69, 9.17) is 24.3 Å². The van der Waals surface area contributed by atoms with Crippen molar-refractivity contribution in [2.24, 2.45) is 0 Å². The lowest BCUT2D eigenvalue weighted by Gasteiger charge is -2.31. The van der Waals surface area contributed by atoms with Gasteiger partial charge in [0.25, 0.3) is 5.08 Å². The molecule has 0 aliphatic heterocycles. The molecule has 0 radical (unpaired) electrons. The minimum Gasteiger partial charge on any atom is -0.388 e. The van der Waals surface area contributed by atoms with E-state index in [1.807, 2.05) is 0 Å². The van der Waals surface area contributed by atoms with Crippen LogP contribution in [0.2, 0.25) is 0 Å².